The molecule has 3 rings (SSSR count). The van der Waals surface area contributed by atoms with Crippen LogP contribution in [0.5, 0.6) is 0 Å². The lowest BCUT2D eigenvalue weighted by atomic mass is 10.1. The van der Waals surface area contributed by atoms with Gasteiger partial charge < -0.3 is 10.2 Å². The van der Waals surface area contributed by atoms with Crippen LogP contribution in [0.1, 0.15) is 58.8 Å². The fourth-order valence-electron chi connectivity index (χ4n) is 3.86. The van der Waals surface area contributed by atoms with Crippen LogP contribution in [-0.4, -0.2) is 39.6 Å². The maximum Gasteiger partial charge on any atom is 0.245 e. The number of rotatable bonds is 13. The summed E-state index contributed by atoms with van der Waals surface area (Å²) in [5.41, 5.74) is 2.47. The molecule has 6 nitrogen and oxygen atoms in total. The summed E-state index contributed by atoms with van der Waals surface area (Å²) >= 11 is 6.07. The number of hydrogen-bond donors (Lipinski definition) is 1. The van der Waals surface area contributed by atoms with Crippen LogP contribution in [0.15, 0.2) is 60.7 Å². The number of carbonyl (C=O) groups excluding carboxylic acids is 2. The predicted molar refractivity (Wildman–Crippen MR) is 143 cm³/mol. The Balaban J connectivity index is 1.78. The van der Waals surface area contributed by atoms with Crippen LogP contribution < -0.4 is 5.32 Å². The van der Waals surface area contributed by atoms with Gasteiger partial charge in [-0.3, -0.25) is 9.59 Å². The summed E-state index contributed by atoms with van der Waals surface area (Å²) in [6, 6.07) is 18.9. The molecule has 0 unspecified atom stereocenters. The second-order valence-electron chi connectivity index (χ2n) is 8.70. The quantitative estimate of drug-likeness (QED) is 0.268. The summed E-state index contributed by atoms with van der Waals surface area (Å²) < 4.78 is 1.69. The summed E-state index contributed by atoms with van der Waals surface area (Å²) in [5.74, 6) is 0.348. The van der Waals surface area contributed by atoms with Crippen molar-refractivity contribution in [2.24, 2.45) is 0 Å². The average Bonchev–Trinajstić information content (AvgIpc) is 3.28. The molecule has 0 bridgehead atoms. The third kappa shape index (κ3) is 7.96. The van der Waals surface area contributed by atoms with Crippen LogP contribution >= 0.6 is 11.6 Å². The summed E-state index contributed by atoms with van der Waals surface area (Å²) in [5, 5.41) is 8.34. The molecule has 0 saturated heterocycles. The molecule has 0 aliphatic rings. The Morgan fingerprint density at radius 3 is 2.34 bits per heavy atom. The van der Waals surface area contributed by atoms with Crippen LogP contribution in [0.3, 0.4) is 0 Å². The first-order valence-corrected chi connectivity index (χ1v) is 12.9. The number of hydrogen-bond acceptors (Lipinski definition) is 3. The van der Waals surface area contributed by atoms with E-state index in [4.69, 9.17) is 16.7 Å². The van der Waals surface area contributed by atoms with E-state index in [0.29, 0.717) is 23.8 Å². The van der Waals surface area contributed by atoms with E-state index in [0.717, 1.165) is 55.5 Å². The lowest BCUT2D eigenvalue weighted by Gasteiger charge is -2.22. The largest absolute Gasteiger partial charge is 0.333 e. The lowest BCUT2D eigenvalue weighted by Crippen LogP contribution is -2.38. The van der Waals surface area contributed by atoms with Gasteiger partial charge in [-0.2, -0.15) is 5.10 Å². The Hall–Kier alpha value is -3.12. The zero-order valence-electron chi connectivity index (χ0n) is 20.7. The molecule has 1 N–H and O–H groups in total. The maximum atomic E-state index is 13.1. The van der Waals surface area contributed by atoms with Gasteiger partial charge in [-0.25, -0.2) is 4.68 Å². The lowest BCUT2D eigenvalue weighted by molar-refractivity contribution is -0.134. The van der Waals surface area contributed by atoms with Crippen LogP contribution in [0, 0.1) is 0 Å². The van der Waals surface area contributed by atoms with Crippen molar-refractivity contribution in [2.45, 2.75) is 58.8 Å². The van der Waals surface area contributed by atoms with E-state index >= 15 is 0 Å². The number of amides is 2. The minimum Gasteiger partial charge on any atom is -0.333 e. The molecule has 0 spiro atoms. The van der Waals surface area contributed by atoms with Crippen molar-refractivity contribution < 1.29 is 9.59 Å². The van der Waals surface area contributed by atoms with E-state index < -0.39 is 0 Å². The third-order valence-electron chi connectivity index (χ3n) is 5.83. The molecule has 0 saturated carbocycles. The van der Waals surface area contributed by atoms with Gasteiger partial charge in [0.05, 0.1) is 17.9 Å². The van der Waals surface area contributed by atoms with Gasteiger partial charge in [0.2, 0.25) is 11.8 Å². The molecule has 7 heteroatoms. The minimum atomic E-state index is -0.238. The molecular weight excluding hydrogens is 460 g/mol. The van der Waals surface area contributed by atoms with Crippen LogP contribution in [0.2, 0.25) is 5.02 Å². The molecule has 1 aromatic heterocycles. The zero-order valence-corrected chi connectivity index (χ0v) is 21.4. The van der Waals surface area contributed by atoms with Crippen LogP contribution in [0.4, 0.5) is 5.82 Å². The molecule has 0 aliphatic heterocycles. The van der Waals surface area contributed by atoms with Crippen molar-refractivity contribution in [3.63, 3.8) is 0 Å². The van der Waals surface area contributed by atoms with Gasteiger partial charge in [0.1, 0.15) is 5.82 Å². The molecule has 2 amide bonds. The highest BCUT2D eigenvalue weighted by Gasteiger charge is 2.19. The van der Waals surface area contributed by atoms with E-state index in [2.05, 4.69) is 19.2 Å². The highest BCUT2D eigenvalue weighted by Crippen LogP contribution is 2.25. The fraction of sp³-hybridized carbons (Fsp3) is 0.393. The smallest absolute Gasteiger partial charge is 0.245 e. The first-order valence-electron chi connectivity index (χ1n) is 12.5. The second kappa shape index (κ2) is 13.7. The highest BCUT2D eigenvalue weighted by atomic mass is 35.5. The zero-order chi connectivity index (χ0) is 25.0. The molecule has 0 aliphatic carbocycles. The predicted octanol–water partition coefficient (Wildman–Crippen LogP) is 6.73. The van der Waals surface area contributed by atoms with Gasteiger partial charge >= 0.3 is 0 Å². The Labute approximate surface area is 213 Å². The molecule has 2 aromatic carbocycles. The van der Waals surface area contributed by atoms with E-state index in [9.17, 15) is 9.59 Å². The number of carbonyl (C=O) groups is 2. The van der Waals surface area contributed by atoms with Gasteiger partial charge in [0.25, 0.3) is 0 Å². The average molecular weight is 495 g/mol. The van der Waals surface area contributed by atoms with Crippen molar-refractivity contribution in [3.05, 3.63) is 65.7 Å². The van der Waals surface area contributed by atoms with Gasteiger partial charge in [-0.15, -0.1) is 0 Å². The molecule has 0 radical (unpaired) electrons. The van der Waals surface area contributed by atoms with Crippen LogP contribution in [0.25, 0.3) is 16.9 Å². The Kier molecular flexibility index (Phi) is 10.4. The summed E-state index contributed by atoms with van der Waals surface area (Å²) in [6.07, 6.45) is 6.47. The molecular formula is C28H35ClN4O2. The summed E-state index contributed by atoms with van der Waals surface area (Å²) in [4.78, 5) is 27.6. The van der Waals surface area contributed by atoms with Gasteiger partial charge in [0, 0.05) is 29.6 Å². The van der Waals surface area contributed by atoms with Crippen molar-refractivity contribution in [1.29, 1.82) is 0 Å². The monoisotopic (exact) mass is 494 g/mol. The van der Waals surface area contributed by atoms with E-state index in [-0.39, 0.29) is 18.4 Å². The normalized spacial score (nSPS) is 10.8. The van der Waals surface area contributed by atoms with Crippen molar-refractivity contribution >= 4 is 29.2 Å². The molecule has 0 atom stereocenters. The molecule has 0 fully saturated rings. The first kappa shape index (κ1) is 26.5. The maximum absolute atomic E-state index is 13.1. The third-order valence-corrected chi connectivity index (χ3v) is 6.08. The van der Waals surface area contributed by atoms with Crippen LogP contribution in [-0.2, 0) is 9.59 Å². The van der Waals surface area contributed by atoms with Gasteiger partial charge in [0.15, 0.2) is 0 Å². The SMILES string of the molecule is CCCCCCC(=O)N(CCCC)CC(=O)Nc1cc(-c2ccccc2)nn1-c1ccc(Cl)cc1. The standard InChI is InChI=1S/C28H35ClN4O2/c1-3-5-7-11-14-28(35)32(19-6-4-2)21-27(34)30-26-20-25(22-12-9-8-10-13-22)31-33(26)24-17-15-23(29)16-18-24/h8-10,12-13,15-18,20H,3-7,11,14,19,21H2,1-2H3,(H,30,34). The van der Waals surface area contributed by atoms with Gasteiger partial charge in [-0.05, 0) is 37.1 Å². The minimum absolute atomic E-state index is 0.0269. The van der Waals surface area contributed by atoms with Crippen molar-refractivity contribution in [1.82, 2.24) is 14.7 Å². The molecule has 186 valence electrons. The number of nitrogens with one attached hydrogen (secondary N) is 1. The first-order chi connectivity index (χ1) is 17.0. The number of halogens is 1. The molecule has 3 aromatic rings. The molecule has 35 heavy (non-hydrogen) atoms. The van der Waals surface area contributed by atoms with Crippen molar-refractivity contribution in [2.75, 3.05) is 18.4 Å². The molecule has 1 heterocycles. The van der Waals surface area contributed by atoms with Crippen molar-refractivity contribution in [3.8, 4) is 16.9 Å². The number of aromatic nitrogens is 2. The van der Waals surface area contributed by atoms with E-state index in [1.54, 1.807) is 21.7 Å². The highest BCUT2D eigenvalue weighted by molar-refractivity contribution is 6.30. The Morgan fingerprint density at radius 2 is 1.66 bits per heavy atom. The Morgan fingerprint density at radius 1 is 0.943 bits per heavy atom. The van der Waals surface area contributed by atoms with E-state index in [1.807, 2.05) is 48.5 Å². The topological polar surface area (TPSA) is 67.2 Å². The number of anilines is 1. The second-order valence-corrected chi connectivity index (χ2v) is 9.13. The Bertz CT molecular complexity index is 1080. The fourth-order valence-corrected chi connectivity index (χ4v) is 3.98. The number of unbranched alkanes of at least 4 members (excludes halogenated alkanes) is 4. The summed E-state index contributed by atoms with van der Waals surface area (Å²) in [7, 11) is 0. The van der Waals surface area contributed by atoms with E-state index in [1.165, 1.54) is 0 Å². The number of nitrogens with zero attached hydrogens (tertiary/aromatic N) is 3. The van der Waals surface area contributed by atoms with Gasteiger partial charge in [-0.1, -0.05) is 81.5 Å². The number of benzene rings is 2. The summed E-state index contributed by atoms with van der Waals surface area (Å²) in [6.45, 7) is 4.85.